The molecule has 38 heavy (non-hydrogen) atoms. The predicted molar refractivity (Wildman–Crippen MR) is 147 cm³/mol. The monoisotopic (exact) mass is 578 g/mol. The number of urea groups is 1. The SMILES string of the molecule is CCOc1c(Br)cc(/C=C2\C(=O)NC(=O)N(c3ccc(C45CC6CC(CC(C6)C4)C5)cc3)C2=O)cc1OC. The highest BCUT2D eigenvalue weighted by Gasteiger charge is 2.51. The first kappa shape index (κ1) is 25.2. The Kier molecular flexibility index (Phi) is 6.33. The minimum Gasteiger partial charge on any atom is -0.493 e. The van der Waals surface area contributed by atoms with Crippen molar-refractivity contribution in [1.82, 2.24) is 5.32 Å². The zero-order valence-electron chi connectivity index (χ0n) is 21.6. The third-order valence-electron chi connectivity index (χ3n) is 8.73. The number of barbiturate groups is 1. The number of methoxy groups -OCH3 is 1. The number of hydrogen-bond donors (Lipinski definition) is 1. The number of nitrogens with zero attached hydrogens (tertiary/aromatic N) is 1. The van der Waals surface area contributed by atoms with Crippen LogP contribution in [0.1, 0.15) is 56.6 Å². The number of carbonyl (C=O) groups excluding carboxylic acids is 3. The van der Waals surface area contributed by atoms with Crippen molar-refractivity contribution in [3.63, 3.8) is 0 Å². The normalized spacial score (nSPS) is 29.1. The number of nitrogens with one attached hydrogen (secondary N) is 1. The number of hydrogen-bond acceptors (Lipinski definition) is 5. The fourth-order valence-electron chi connectivity index (χ4n) is 7.59. The molecule has 0 spiro atoms. The lowest BCUT2D eigenvalue weighted by Gasteiger charge is -2.57. The van der Waals surface area contributed by atoms with Crippen LogP contribution in [-0.2, 0) is 15.0 Å². The molecular formula is C30H31BrN2O5. The molecule has 4 saturated carbocycles. The average Bonchev–Trinajstić information content (AvgIpc) is 2.87. The molecule has 2 aromatic rings. The van der Waals surface area contributed by atoms with E-state index in [4.69, 9.17) is 9.47 Å². The molecule has 1 aliphatic heterocycles. The summed E-state index contributed by atoms with van der Waals surface area (Å²) < 4.78 is 11.7. The van der Waals surface area contributed by atoms with Crippen molar-refractivity contribution in [3.05, 3.63) is 57.6 Å². The molecule has 1 N–H and O–H groups in total. The minimum atomic E-state index is -0.745. The Labute approximate surface area is 230 Å². The van der Waals surface area contributed by atoms with Gasteiger partial charge in [0.05, 0.1) is 23.9 Å². The molecule has 4 aliphatic carbocycles. The topological polar surface area (TPSA) is 84.9 Å². The molecule has 0 radical (unpaired) electrons. The van der Waals surface area contributed by atoms with Gasteiger partial charge in [0.1, 0.15) is 5.57 Å². The first-order valence-corrected chi connectivity index (χ1v) is 14.1. The first-order valence-electron chi connectivity index (χ1n) is 13.3. The van der Waals surface area contributed by atoms with Gasteiger partial charge in [0.15, 0.2) is 11.5 Å². The van der Waals surface area contributed by atoms with Crippen LogP contribution < -0.4 is 19.7 Å². The lowest BCUT2D eigenvalue weighted by atomic mass is 9.48. The summed E-state index contributed by atoms with van der Waals surface area (Å²) >= 11 is 3.47. The lowest BCUT2D eigenvalue weighted by Crippen LogP contribution is -2.54. The van der Waals surface area contributed by atoms with Crippen molar-refractivity contribution in [1.29, 1.82) is 0 Å². The van der Waals surface area contributed by atoms with Gasteiger partial charge < -0.3 is 9.47 Å². The highest BCUT2D eigenvalue weighted by molar-refractivity contribution is 9.10. The van der Waals surface area contributed by atoms with Crippen molar-refractivity contribution in [3.8, 4) is 11.5 Å². The molecule has 7 rings (SSSR count). The summed E-state index contributed by atoms with van der Waals surface area (Å²) in [5.41, 5.74) is 2.41. The highest BCUT2D eigenvalue weighted by atomic mass is 79.9. The number of carbonyl (C=O) groups is 3. The van der Waals surface area contributed by atoms with Crippen LogP contribution in [0.15, 0.2) is 46.4 Å². The Balaban J connectivity index is 1.29. The summed E-state index contributed by atoms with van der Waals surface area (Å²) in [5.74, 6) is 2.09. The lowest BCUT2D eigenvalue weighted by molar-refractivity contribution is -0.122. The third-order valence-corrected chi connectivity index (χ3v) is 9.32. The zero-order chi connectivity index (χ0) is 26.6. The molecule has 5 fully saturated rings. The number of ether oxygens (including phenoxy) is 2. The molecule has 5 aliphatic rings. The third kappa shape index (κ3) is 4.23. The van der Waals surface area contributed by atoms with E-state index in [9.17, 15) is 14.4 Å². The van der Waals surface area contributed by atoms with E-state index in [0.717, 1.165) is 22.7 Å². The molecule has 8 heteroatoms. The van der Waals surface area contributed by atoms with Crippen LogP contribution in [0, 0.1) is 17.8 Å². The average molecular weight is 579 g/mol. The maximum Gasteiger partial charge on any atom is 0.335 e. The van der Waals surface area contributed by atoms with E-state index < -0.39 is 17.8 Å². The molecule has 198 valence electrons. The van der Waals surface area contributed by atoms with Crippen LogP contribution in [0.4, 0.5) is 10.5 Å². The Morgan fingerprint density at radius 2 is 1.66 bits per heavy atom. The summed E-state index contributed by atoms with van der Waals surface area (Å²) in [6.07, 6.45) is 9.31. The number of benzene rings is 2. The van der Waals surface area contributed by atoms with E-state index in [1.54, 1.807) is 12.1 Å². The van der Waals surface area contributed by atoms with Crippen LogP contribution in [-0.4, -0.2) is 31.6 Å². The number of anilines is 1. The molecule has 4 bridgehead atoms. The predicted octanol–water partition coefficient (Wildman–Crippen LogP) is 5.99. The van der Waals surface area contributed by atoms with E-state index in [0.29, 0.717) is 33.8 Å². The Morgan fingerprint density at radius 3 is 2.24 bits per heavy atom. The molecule has 1 heterocycles. The molecule has 0 atom stereocenters. The Morgan fingerprint density at radius 1 is 1.03 bits per heavy atom. The molecule has 7 nitrogen and oxygen atoms in total. The number of halogens is 1. The number of imide groups is 2. The molecule has 0 unspecified atom stereocenters. The van der Waals surface area contributed by atoms with Gasteiger partial charge in [-0.3, -0.25) is 14.9 Å². The quantitative estimate of drug-likeness (QED) is 0.336. The Hall–Kier alpha value is -3.13. The summed E-state index contributed by atoms with van der Waals surface area (Å²) in [5, 5.41) is 2.32. The van der Waals surface area contributed by atoms with Crippen LogP contribution in [0.25, 0.3) is 6.08 Å². The molecule has 2 aromatic carbocycles. The summed E-state index contributed by atoms with van der Waals surface area (Å²) in [7, 11) is 1.52. The van der Waals surface area contributed by atoms with Crippen molar-refractivity contribution < 1.29 is 23.9 Å². The van der Waals surface area contributed by atoms with Crippen molar-refractivity contribution in [2.24, 2.45) is 17.8 Å². The fourth-order valence-corrected chi connectivity index (χ4v) is 8.17. The zero-order valence-corrected chi connectivity index (χ0v) is 23.2. The van der Waals surface area contributed by atoms with Gasteiger partial charge in [-0.2, -0.15) is 0 Å². The number of amides is 4. The van der Waals surface area contributed by atoms with Gasteiger partial charge in [0, 0.05) is 0 Å². The maximum absolute atomic E-state index is 13.5. The van der Waals surface area contributed by atoms with Gasteiger partial charge in [-0.25, -0.2) is 9.69 Å². The van der Waals surface area contributed by atoms with Gasteiger partial charge in [-0.1, -0.05) is 12.1 Å². The van der Waals surface area contributed by atoms with E-state index in [2.05, 4.69) is 33.4 Å². The van der Waals surface area contributed by atoms with Gasteiger partial charge in [-0.05, 0) is 126 Å². The van der Waals surface area contributed by atoms with Crippen LogP contribution in [0.5, 0.6) is 11.5 Å². The minimum absolute atomic E-state index is 0.132. The molecule has 1 saturated heterocycles. The smallest absolute Gasteiger partial charge is 0.335 e. The second-order valence-corrected chi connectivity index (χ2v) is 12.0. The summed E-state index contributed by atoms with van der Waals surface area (Å²) in [6, 6.07) is 10.5. The first-order chi connectivity index (χ1) is 18.3. The second kappa shape index (κ2) is 9.56. The highest BCUT2D eigenvalue weighted by Crippen LogP contribution is 2.60. The van der Waals surface area contributed by atoms with Gasteiger partial charge in [0.25, 0.3) is 11.8 Å². The van der Waals surface area contributed by atoms with E-state index in [1.807, 2.05) is 19.1 Å². The van der Waals surface area contributed by atoms with Crippen molar-refractivity contribution >= 4 is 45.5 Å². The summed E-state index contributed by atoms with van der Waals surface area (Å²) in [4.78, 5) is 40.0. The molecule has 4 amide bonds. The Bertz CT molecular complexity index is 1310. The van der Waals surface area contributed by atoms with Crippen LogP contribution >= 0.6 is 15.9 Å². The van der Waals surface area contributed by atoms with Gasteiger partial charge in [0.2, 0.25) is 0 Å². The second-order valence-electron chi connectivity index (χ2n) is 11.2. The van der Waals surface area contributed by atoms with Crippen molar-refractivity contribution in [2.75, 3.05) is 18.6 Å². The van der Waals surface area contributed by atoms with E-state index >= 15 is 0 Å². The van der Waals surface area contributed by atoms with E-state index in [1.165, 1.54) is 57.3 Å². The van der Waals surface area contributed by atoms with E-state index in [-0.39, 0.29) is 11.0 Å². The van der Waals surface area contributed by atoms with Crippen LogP contribution in [0.3, 0.4) is 0 Å². The van der Waals surface area contributed by atoms with Gasteiger partial charge >= 0.3 is 6.03 Å². The molecular weight excluding hydrogens is 548 g/mol. The largest absolute Gasteiger partial charge is 0.493 e. The standard InChI is InChI=1S/C30H31BrN2O5/c1-3-38-26-24(31)12-17(13-25(26)37-2)11-23-27(34)32-29(36)33(28(23)35)22-6-4-21(5-7-22)30-14-18-8-19(15-30)10-20(9-18)16-30/h4-7,11-13,18-20H,3,8-10,14-16H2,1-2H3,(H,32,34,36)/b23-11+. The van der Waals surface area contributed by atoms with Crippen molar-refractivity contribution in [2.45, 2.75) is 50.9 Å². The maximum atomic E-state index is 13.5. The summed E-state index contributed by atoms with van der Waals surface area (Å²) in [6.45, 7) is 2.32. The van der Waals surface area contributed by atoms with Crippen LogP contribution in [0.2, 0.25) is 0 Å². The fraction of sp³-hybridized carbons (Fsp3) is 0.433. The molecule has 0 aromatic heterocycles. The number of rotatable bonds is 6. The van der Waals surface area contributed by atoms with Gasteiger partial charge in [-0.15, -0.1) is 0 Å².